The van der Waals surface area contributed by atoms with Gasteiger partial charge in [-0.1, -0.05) is 30.3 Å². The Balaban J connectivity index is 1.70. The molecule has 24 heavy (non-hydrogen) atoms. The van der Waals surface area contributed by atoms with E-state index in [-0.39, 0.29) is 11.9 Å². The Bertz CT molecular complexity index is 714. The average Bonchev–Trinajstić information content (AvgIpc) is 2.87. The minimum absolute atomic E-state index is 0.131. The molecule has 0 aliphatic carbocycles. The SMILES string of the molecule is CN1CN[C@@H](Cc2cc(Br)c(OCc3ccccc3)c(Br)c2)C1=O. The molecule has 6 heteroatoms. The Kier molecular flexibility index (Phi) is 5.58. The van der Waals surface area contributed by atoms with Crippen LogP contribution in [0.4, 0.5) is 0 Å². The standard InChI is InChI=1S/C18H18Br2N2O2/c1-22-11-21-16(18(22)23)9-13-7-14(19)17(15(20)8-13)24-10-12-5-3-2-4-6-12/h2-8,16,21H,9-11H2,1H3/t16-/m0/s1. The maximum absolute atomic E-state index is 12.0. The summed E-state index contributed by atoms with van der Waals surface area (Å²) in [6, 6.07) is 13.9. The maximum atomic E-state index is 12.0. The van der Waals surface area contributed by atoms with E-state index in [0.29, 0.717) is 19.7 Å². The number of rotatable bonds is 5. The van der Waals surface area contributed by atoms with Gasteiger partial charge in [-0.15, -0.1) is 0 Å². The van der Waals surface area contributed by atoms with E-state index in [2.05, 4.69) is 37.2 Å². The van der Waals surface area contributed by atoms with Crippen LogP contribution in [0.5, 0.6) is 5.75 Å². The fourth-order valence-corrected chi connectivity index (χ4v) is 4.18. The number of ether oxygens (including phenoxy) is 1. The Labute approximate surface area is 158 Å². The molecule has 1 saturated heterocycles. The van der Waals surface area contributed by atoms with Gasteiger partial charge in [0.15, 0.2) is 0 Å². The van der Waals surface area contributed by atoms with Crippen LogP contribution in [0.15, 0.2) is 51.4 Å². The van der Waals surface area contributed by atoms with E-state index < -0.39 is 0 Å². The second-order valence-corrected chi connectivity index (χ2v) is 7.53. The quantitative estimate of drug-likeness (QED) is 0.750. The molecule has 0 unspecified atom stereocenters. The largest absolute Gasteiger partial charge is 0.487 e. The third-order valence-electron chi connectivity index (χ3n) is 3.97. The predicted octanol–water partition coefficient (Wildman–Crippen LogP) is 3.72. The smallest absolute Gasteiger partial charge is 0.240 e. The average molecular weight is 454 g/mol. The Hall–Kier alpha value is -1.37. The highest BCUT2D eigenvalue weighted by molar-refractivity contribution is 9.11. The Morgan fingerprint density at radius 2 is 1.83 bits per heavy atom. The summed E-state index contributed by atoms with van der Waals surface area (Å²) in [4.78, 5) is 13.7. The lowest BCUT2D eigenvalue weighted by Crippen LogP contribution is -2.31. The first-order valence-corrected chi connectivity index (χ1v) is 9.26. The number of benzene rings is 2. The van der Waals surface area contributed by atoms with Gasteiger partial charge in [0.05, 0.1) is 21.7 Å². The highest BCUT2D eigenvalue weighted by atomic mass is 79.9. The van der Waals surface area contributed by atoms with Crippen molar-refractivity contribution in [3.63, 3.8) is 0 Å². The van der Waals surface area contributed by atoms with Gasteiger partial charge in [-0.25, -0.2) is 0 Å². The molecule has 1 heterocycles. The summed E-state index contributed by atoms with van der Waals surface area (Å²) < 4.78 is 7.69. The Morgan fingerprint density at radius 3 is 2.42 bits per heavy atom. The predicted molar refractivity (Wildman–Crippen MR) is 101 cm³/mol. The molecule has 1 aliphatic heterocycles. The van der Waals surface area contributed by atoms with Crippen LogP contribution in [0.3, 0.4) is 0 Å². The van der Waals surface area contributed by atoms with Gasteiger partial charge in [0.2, 0.25) is 5.91 Å². The highest BCUT2D eigenvalue weighted by Crippen LogP contribution is 2.35. The highest BCUT2D eigenvalue weighted by Gasteiger charge is 2.28. The van der Waals surface area contributed by atoms with Crippen molar-refractivity contribution in [3.05, 3.63) is 62.5 Å². The first-order valence-electron chi connectivity index (χ1n) is 7.67. The van der Waals surface area contributed by atoms with Crippen LogP contribution in [0, 0.1) is 0 Å². The number of carbonyl (C=O) groups excluding carboxylic acids is 1. The first-order chi connectivity index (χ1) is 11.5. The third-order valence-corrected chi connectivity index (χ3v) is 5.15. The molecule has 2 aromatic carbocycles. The van der Waals surface area contributed by atoms with Crippen LogP contribution in [-0.2, 0) is 17.8 Å². The summed E-state index contributed by atoms with van der Waals surface area (Å²) >= 11 is 7.15. The van der Waals surface area contributed by atoms with E-state index in [0.717, 1.165) is 25.8 Å². The molecule has 0 saturated carbocycles. The van der Waals surface area contributed by atoms with Gasteiger partial charge in [0.1, 0.15) is 12.4 Å². The number of nitrogens with zero attached hydrogens (tertiary/aromatic N) is 1. The summed E-state index contributed by atoms with van der Waals surface area (Å²) in [5, 5.41) is 3.22. The normalized spacial score (nSPS) is 17.4. The summed E-state index contributed by atoms with van der Waals surface area (Å²) in [5.74, 6) is 0.900. The topological polar surface area (TPSA) is 41.6 Å². The summed E-state index contributed by atoms with van der Waals surface area (Å²) in [6.07, 6.45) is 0.652. The summed E-state index contributed by atoms with van der Waals surface area (Å²) in [7, 11) is 1.81. The van der Waals surface area contributed by atoms with Crippen LogP contribution >= 0.6 is 31.9 Å². The fourth-order valence-electron chi connectivity index (χ4n) is 2.67. The lowest BCUT2D eigenvalue weighted by atomic mass is 10.1. The van der Waals surface area contributed by atoms with Crippen molar-refractivity contribution in [2.24, 2.45) is 0 Å². The van der Waals surface area contributed by atoms with Gasteiger partial charge in [-0.05, 0) is 61.5 Å². The van der Waals surface area contributed by atoms with Crippen molar-refractivity contribution >= 4 is 37.8 Å². The van der Waals surface area contributed by atoms with E-state index in [9.17, 15) is 4.79 Å². The zero-order valence-corrected chi connectivity index (χ0v) is 16.4. The van der Waals surface area contributed by atoms with Crippen molar-refractivity contribution in [1.29, 1.82) is 0 Å². The number of hydrogen-bond acceptors (Lipinski definition) is 3. The number of nitrogens with one attached hydrogen (secondary N) is 1. The minimum atomic E-state index is -0.162. The van der Waals surface area contributed by atoms with Gasteiger partial charge in [0.25, 0.3) is 0 Å². The van der Waals surface area contributed by atoms with Gasteiger partial charge in [-0.3, -0.25) is 10.1 Å². The molecule has 0 radical (unpaired) electrons. The molecule has 0 bridgehead atoms. The lowest BCUT2D eigenvalue weighted by Gasteiger charge is -2.14. The van der Waals surface area contributed by atoms with Gasteiger partial charge < -0.3 is 9.64 Å². The first kappa shape index (κ1) is 17.5. The van der Waals surface area contributed by atoms with Crippen molar-refractivity contribution in [2.45, 2.75) is 19.1 Å². The van der Waals surface area contributed by atoms with Crippen molar-refractivity contribution in [3.8, 4) is 5.75 Å². The molecule has 126 valence electrons. The second-order valence-electron chi connectivity index (χ2n) is 5.82. The molecule has 0 spiro atoms. The third kappa shape index (κ3) is 3.99. The minimum Gasteiger partial charge on any atom is -0.487 e. The molecule has 1 atom stereocenters. The van der Waals surface area contributed by atoms with Gasteiger partial charge in [-0.2, -0.15) is 0 Å². The molecule has 1 fully saturated rings. The number of hydrogen-bond donors (Lipinski definition) is 1. The molecular weight excluding hydrogens is 436 g/mol. The number of amides is 1. The van der Waals surface area contributed by atoms with E-state index >= 15 is 0 Å². The summed E-state index contributed by atoms with van der Waals surface area (Å²) in [6.45, 7) is 1.11. The van der Waals surface area contributed by atoms with Crippen LogP contribution in [0.1, 0.15) is 11.1 Å². The van der Waals surface area contributed by atoms with Crippen molar-refractivity contribution in [2.75, 3.05) is 13.7 Å². The molecule has 1 aliphatic rings. The lowest BCUT2D eigenvalue weighted by molar-refractivity contribution is -0.127. The zero-order chi connectivity index (χ0) is 17.1. The molecule has 1 amide bonds. The maximum Gasteiger partial charge on any atom is 0.240 e. The molecular formula is C18H18Br2N2O2. The molecule has 2 aromatic rings. The van der Waals surface area contributed by atoms with E-state index in [1.807, 2.05) is 49.5 Å². The monoisotopic (exact) mass is 452 g/mol. The van der Waals surface area contributed by atoms with Crippen LogP contribution in [0.25, 0.3) is 0 Å². The molecule has 4 nitrogen and oxygen atoms in total. The van der Waals surface area contributed by atoms with Crippen LogP contribution in [0.2, 0.25) is 0 Å². The summed E-state index contributed by atoms with van der Waals surface area (Å²) in [5.41, 5.74) is 2.19. The van der Waals surface area contributed by atoms with Crippen molar-refractivity contribution < 1.29 is 9.53 Å². The Morgan fingerprint density at radius 1 is 1.17 bits per heavy atom. The van der Waals surface area contributed by atoms with Crippen molar-refractivity contribution in [1.82, 2.24) is 10.2 Å². The van der Waals surface area contributed by atoms with E-state index in [4.69, 9.17) is 4.74 Å². The number of carbonyl (C=O) groups is 1. The second kappa shape index (κ2) is 7.68. The number of halogens is 2. The van der Waals surface area contributed by atoms with E-state index in [1.165, 1.54) is 0 Å². The fraction of sp³-hybridized carbons (Fsp3) is 0.278. The molecule has 3 rings (SSSR count). The van der Waals surface area contributed by atoms with Crippen LogP contribution < -0.4 is 10.1 Å². The van der Waals surface area contributed by atoms with Gasteiger partial charge >= 0.3 is 0 Å². The van der Waals surface area contributed by atoms with Gasteiger partial charge in [0, 0.05) is 7.05 Å². The molecule has 1 N–H and O–H groups in total. The zero-order valence-electron chi connectivity index (χ0n) is 13.3. The van der Waals surface area contributed by atoms with Crippen LogP contribution in [-0.4, -0.2) is 30.6 Å². The number of likely N-dealkylation sites (N-methyl/N-ethyl adjacent to an activating group) is 1. The molecule has 0 aromatic heterocycles. The van der Waals surface area contributed by atoms with E-state index in [1.54, 1.807) is 4.90 Å².